The van der Waals surface area contributed by atoms with Crippen molar-refractivity contribution in [3.05, 3.63) is 77.6 Å². The summed E-state index contributed by atoms with van der Waals surface area (Å²) >= 11 is 0. The van der Waals surface area contributed by atoms with Crippen molar-refractivity contribution in [3.63, 3.8) is 0 Å². The van der Waals surface area contributed by atoms with Crippen molar-refractivity contribution in [1.82, 2.24) is 20.4 Å². The van der Waals surface area contributed by atoms with Gasteiger partial charge in [-0.15, -0.1) is 0 Å². The van der Waals surface area contributed by atoms with Crippen LogP contribution in [-0.2, 0) is 19.6 Å². The molecule has 9 heteroatoms. The molecule has 0 aliphatic heterocycles. The van der Waals surface area contributed by atoms with Crippen LogP contribution in [0.1, 0.15) is 16.7 Å². The molecule has 0 radical (unpaired) electrons. The minimum absolute atomic E-state index is 0.00713. The molecule has 0 saturated carbocycles. The van der Waals surface area contributed by atoms with Gasteiger partial charge in [0.05, 0.1) is 13.7 Å². The van der Waals surface area contributed by atoms with Gasteiger partial charge in [-0.25, -0.2) is 0 Å². The highest BCUT2D eigenvalue weighted by Gasteiger charge is 2.12. The first kappa shape index (κ1) is 22.1. The summed E-state index contributed by atoms with van der Waals surface area (Å²) in [6.45, 7) is -1.30. The van der Waals surface area contributed by atoms with E-state index in [4.69, 9.17) is 4.74 Å². The van der Waals surface area contributed by atoms with Crippen LogP contribution in [0.15, 0.2) is 65.9 Å². The monoisotopic (exact) mass is 429 g/mol. The molecule has 2 N–H and O–H groups in total. The molecule has 164 valence electrons. The van der Waals surface area contributed by atoms with Crippen molar-refractivity contribution in [2.75, 3.05) is 14.2 Å². The summed E-state index contributed by atoms with van der Waals surface area (Å²) < 4.78 is 36.7. The van der Waals surface area contributed by atoms with Crippen LogP contribution in [0.4, 0.5) is 8.78 Å². The number of hydrogen-bond acceptors (Lipinski definition) is 4. The van der Waals surface area contributed by atoms with Crippen molar-refractivity contribution < 1.29 is 18.3 Å². The highest BCUT2D eigenvalue weighted by atomic mass is 19.3. The number of benzene rings is 2. The number of guanidine groups is 1. The molecule has 3 aromatic rings. The van der Waals surface area contributed by atoms with Crippen molar-refractivity contribution in [3.8, 4) is 11.5 Å². The molecule has 3 rings (SSSR count). The zero-order valence-electron chi connectivity index (χ0n) is 17.4. The molecule has 0 spiro atoms. The van der Waals surface area contributed by atoms with Gasteiger partial charge in [-0.2, -0.15) is 13.9 Å². The first-order valence-electron chi connectivity index (χ1n) is 9.69. The molecule has 0 fully saturated rings. The van der Waals surface area contributed by atoms with Crippen molar-refractivity contribution in [2.24, 2.45) is 4.99 Å². The maximum absolute atomic E-state index is 12.6. The molecule has 2 aromatic carbocycles. The molecule has 31 heavy (non-hydrogen) atoms. The molecule has 0 saturated heterocycles. The largest absolute Gasteiger partial charge is 0.493 e. The van der Waals surface area contributed by atoms with E-state index in [0.29, 0.717) is 25.6 Å². The van der Waals surface area contributed by atoms with E-state index in [9.17, 15) is 8.78 Å². The number of hydrogen-bond donors (Lipinski definition) is 2. The van der Waals surface area contributed by atoms with Crippen LogP contribution >= 0.6 is 0 Å². The SMILES string of the molecule is CN=C(NCc1ccc(OC)c(OC(F)F)c1)NCc1ccccc1Cn1cccn1. The zero-order valence-corrected chi connectivity index (χ0v) is 17.4. The normalized spacial score (nSPS) is 11.5. The van der Waals surface area contributed by atoms with Crippen molar-refractivity contribution >= 4 is 5.96 Å². The lowest BCUT2D eigenvalue weighted by Crippen LogP contribution is -2.36. The summed E-state index contributed by atoms with van der Waals surface area (Å²) in [5, 5.41) is 10.7. The Hall–Kier alpha value is -3.62. The third-order valence-corrected chi connectivity index (χ3v) is 4.58. The first-order chi connectivity index (χ1) is 15.1. The summed E-state index contributed by atoms with van der Waals surface area (Å²) in [6.07, 6.45) is 3.68. The van der Waals surface area contributed by atoms with Crippen molar-refractivity contribution in [2.45, 2.75) is 26.2 Å². The second-order valence-electron chi connectivity index (χ2n) is 6.62. The number of ether oxygens (including phenoxy) is 2. The number of nitrogens with one attached hydrogen (secondary N) is 2. The Bertz CT molecular complexity index is 993. The summed E-state index contributed by atoms with van der Waals surface area (Å²) in [5.41, 5.74) is 3.02. The molecule has 1 heterocycles. The van der Waals surface area contributed by atoms with E-state index < -0.39 is 6.61 Å². The van der Waals surface area contributed by atoms with Crippen LogP contribution < -0.4 is 20.1 Å². The highest BCUT2D eigenvalue weighted by Crippen LogP contribution is 2.29. The topological polar surface area (TPSA) is 72.7 Å². The quantitative estimate of drug-likeness (QED) is 0.403. The third-order valence-electron chi connectivity index (χ3n) is 4.58. The highest BCUT2D eigenvalue weighted by molar-refractivity contribution is 5.79. The first-order valence-corrected chi connectivity index (χ1v) is 9.69. The van der Waals surface area contributed by atoms with Gasteiger partial charge in [-0.3, -0.25) is 9.67 Å². The van der Waals surface area contributed by atoms with Crippen LogP contribution in [0.3, 0.4) is 0 Å². The summed E-state index contributed by atoms with van der Waals surface area (Å²) in [6, 6.07) is 14.9. The zero-order chi connectivity index (χ0) is 22.1. The number of rotatable bonds is 9. The molecule has 7 nitrogen and oxygen atoms in total. The number of nitrogens with zero attached hydrogens (tertiary/aromatic N) is 3. The molecule has 1 aromatic heterocycles. The van der Waals surface area contributed by atoms with E-state index >= 15 is 0 Å². The minimum Gasteiger partial charge on any atom is -0.493 e. The summed E-state index contributed by atoms with van der Waals surface area (Å²) in [4.78, 5) is 4.23. The molecule has 0 unspecified atom stereocenters. The van der Waals surface area contributed by atoms with E-state index in [1.165, 1.54) is 13.2 Å². The lowest BCUT2D eigenvalue weighted by atomic mass is 10.1. The number of methoxy groups -OCH3 is 1. The second-order valence-corrected chi connectivity index (χ2v) is 6.62. The fourth-order valence-corrected chi connectivity index (χ4v) is 3.06. The Morgan fingerprint density at radius 2 is 1.84 bits per heavy atom. The number of halogens is 2. The molecular formula is C22H25F2N5O2. The molecule has 0 atom stereocenters. The van der Waals surface area contributed by atoms with Gasteiger partial charge in [0.25, 0.3) is 0 Å². The molecular weight excluding hydrogens is 404 g/mol. The van der Waals surface area contributed by atoms with E-state index in [0.717, 1.165) is 16.7 Å². The van der Waals surface area contributed by atoms with Gasteiger partial charge in [0, 0.05) is 32.5 Å². The Kier molecular flexibility index (Phi) is 7.80. The fraction of sp³-hybridized carbons (Fsp3) is 0.273. The van der Waals surface area contributed by atoms with E-state index in [1.807, 2.05) is 29.1 Å². The predicted molar refractivity (Wildman–Crippen MR) is 114 cm³/mol. The molecule has 0 bridgehead atoms. The fourth-order valence-electron chi connectivity index (χ4n) is 3.06. The summed E-state index contributed by atoms with van der Waals surface area (Å²) in [7, 11) is 3.08. The van der Waals surface area contributed by atoms with E-state index in [1.54, 1.807) is 25.4 Å². The maximum atomic E-state index is 12.6. The summed E-state index contributed by atoms with van der Waals surface area (Å²) in [5.74, 6) is 0.827. The minimum atomic E-state index is -2.92. The molecule has 0 aliphatic rings. The van der Waals surface area contributed by atoms with E-state index in [2.05, 4.69) is 37.6 Å². The van der Waals surface area contributed by atoms with Crippen LogP contribution in [0.2, 0.25) is 0 Å². The van der Waals surface area contributed by atoms with Crippen LogP contribution in [-0.4, -0.2) is 36.5 Å². The number of alkyl halides is 2. The third kappa shape index (κ3) is 6.43. The van der Waals surface area contributed by atoms with Gasteiger partial charge in [0.2, 0.25) is 0 Å². The number of aromatic nitrogens is 2. The van der Waals surface area contributed by atoms with Gasteiger partial charge < -0.3 is 20.1 Å². The van der Waals surface area contributed by atoms with Crippen molar-refractivity contribution in [1.29, 1.82) is 0 Å². The van der Waals surface area contributed by atoms with Gasteiger partial charge >= 0.3 is 6.61 Å². The standard InChI is InChI=1S/C22H25F2N5O2/c1-25-22(26-13-16-8-9-19(30-2)20(12-16)31-21(23)24)27-14-17-6-3-4-7-18(17)15-29-11-5-10-28-29/h3-12,21H,13-15H2,1-2H3,(H2,25,26,27). The van der Waals surface area contributed by atoms with Crippen LogP contribution in [0.5, 0.6) is 11.5 Å². The number of aliphatic imine (C=N–C) groups is 1. The maximum Gasteiger partial charge on any atom is 0.387 e. The smallest absolute Gasteiger partial charge is 0.387 e. The van der Waals surface area contributed by atoms with E-state index in [-0.39, 0.29) is 11.5 Å². The molecule has 0 amide bonds. The van der Waals surface area contributed by atoms with Crippen LogP contribution in [0.25, 0.3) is 0 Å². The predicted octanol–water partition coefficient (Wildman–Crippen LogP) is 3.41. The molecule has 0 aliphatic carbocycles. The lowest BCUT2D eigenvalue weighted by Gasteiger charge is -2.15. The van der Waals surface area contributed by atoms with Gasteiger partial charge in [-0.05, 0) is 34.9 Å². The lowest BCUT2D eigenvalue weighted by molar-refractivity contribution is -0.0512. The second kappa shape index (κ2) is 11.0. The van der Waals surface area contributed by atoms with Crippen LogP contribution in [0, 0.1) is 0 Å². The average molecular weight is 429 g/mol. The Morgan fingerprint density at radius 1 is 1.06 bits per heavy atom. The van der Waals surface area contributed by atoms with Gasteiger partial charge in [0.1, 0.15) is 0 Å². The Balaban J connectivity index is 1.60. The Labute approximate surface area is 179 Å². The average Bonchev–Trinajstić information content (AvgIpc) is 3.28. The van der Waals surface area contributed by atoms with Gasteiger partial charge in [-0.1, -0.05) is 30.3 Å². The Morgan fingerprint density at radius 3 is 2.52 bits per heavy atom. The van der Waals surface area contributed by atoms with Gasteiger partial charge in [0.15, 0.2) is 17.5 Å².